The van der Waals surface area contributed by atoms with Crippen molar-refractivity contribution in [3.8, 4) is 5.75 Å². The van der Waals surface area contributed by atoms with E-state index in [4.69, 9.17) is 52.0 Å². The first-order valence-electron chi connectivity index (χ1n) is 12.0. The van der Waals surface area contributed by atoms with Crippen molar-refractivity contribution in [2.24, 2.45) is 23.6 Å². The smallest absolute Gasteiger partial charge is 0.334 e. The molecule has 1 aliphatic rings. The van der Waals surface area contributed by atoms with Crippen LogP contribution < -0.4 is 33.6 Å². The van der Waals surface area contributed by atoms with Crippen LogP contribution in [0.1, 0.15) is 0 Å². The molecular weight excluding hydrogens is 606 g/mol. The van der Waals surface area contributed by atoms with Gasteiger partial charge in [-0.25, -0.2) is 42.8 Å². The number of carbonyl (C=O) groups is 5. The average Bonchev–Trinajstić information content (AvgIpc) is 2.96. The van der Waals surface area contributed by atoms with Crippen LogP contribution in [0.15, 0.2) is 24.3 Å². The maximum Gasteiger partial charge on any atom is 0.334 e. The Hall–Kier alpha value is -3.64. The molecule has 20 nitrogen and oxygen atoms in total. The molecule has 1 saturated heterocycles. The van der Waals surface area contributed by atoms with Gasteiger partial charge in [-0.3, -0.25) is 24.1 Å². The van der Waals surface area contributed by atoms with Crippen molar-refractivity contribution < 1.29 is 71.7 Å². The van der Waals surface area contributed by atoms with Crippen molar-refractivity contribution in [1.29, 1.82) is 0 Å². The maximum atomic E-state index is 12.5. The maximum absolute atomic E-state index is 12.5. The van der Waals surface area contributed by atoms with E-state index in [2.05, 4.69) is 37.3 Å². The van der Waals surface area contributed by atoms with Gasteiger partial charge in [-0.15, -0.1) is 0 Å². The number of hydrogen-bond acceptors (Lipinski definition) is 20. The first kappa shape index (κ1) is 35.6. The van der Waals surface area contributed by atoms with E-state index in [0.29, 0.717) is 5.69 Å². The number of rotatable bonds is 17. The Morgan fingerprint density at radius 1 is 0.721 bits per heavy atom. The number of hydrogen-bond donors (Lipinski definition) is 6. The molecule has 1 heterocycles. The molecule has 1 aromatic rings. The molecule has 2 rings (SSSR count). The van der Waals surface area contributed by atoms with E-state index in [9.17, 15) is 24.0 Å². The van der Waals surface area contributed by atoms with Crippen molar-refractivity contribution in [2.45, 2.75) is 30.7 Å². The Kier molecular flexibility index (Phi) is 15.5. The zero-order valence-corrected chi connectivity index (χ0v) is 23.2. The zero-order chi connectivity index (χ0) is 31.8. The second kappa shape index (κ2) is 18.8. The van der Waals surface area contributed by atoms with Crippen molar-refractivity contribution in [3.63, 3.8) is 0 Å². The van der Waals surface area contributed by atoms with Crippen LogP contribution in [0, 0.1) is 0 Å². The van der Waals surface area contributed by atoms with E-state index in [1.54, 1.807) is 0 Å². The van der Waals surface area contributed by atoms with Crippen molar-refractivity contribution in [3.05, 3.63) is 24.3 Å². The largest absolute Gasteiger partial charge is 0.461 e. The summed E-state index contributed by atoms with van der Waals surface area (Å²) in [5, 5.41) is 2.58. The summed E-state index contributed by atoms with van der Waals surface area (Å²) in [6.45, 7) is -3.61. The molecule has 0 aliphatic carbocycles. The van der Waals surface area contributed by atoms with E-state index in [1.807, 2.05) is 0 Å². The van der Waals surface area contributed by atoms with Gasteiger partial charge in [0.05, 0.1) is 5.75 Å². The fourth-order valence-electron chi connectivity index (χ4n) is 3.51. The van der Waals surface area contributed by atoms with Gasteiger partial charge in [0.25, 0.3) is 0 Å². The lowest BCUT2D eigenvalue weighted by Gasteiger charge is -2.44. The topological polar surface area (TPSA) is 294 Å². The molecule has 9 N–H and O–H groups in total. The van der Waals surface area contributed by atoms with Gasteiger partial charge in [0.2, 0.25) is 18.3 Å². The highest BCUT2D eigenvalue weighted by atomic mass is 32.1. The number of esters is 4. The van der Waals surface area contributed by atoms with Crippen molar-refractivity contribution in [2.75, 3.05) is 44.1 Å². The zero-order valence-electron chi connectivity index (χ0n) is 22.3. The lowest BCUT2D eigenvalue weighted by molar-refractivity contribution is -0.291. The SMILES string of the molecule is NOCC(=O)OC[C@H]1O[C@H](Oc2ccc(NC(=O)CS)cc2)[C@H](OC(=O)CON)[C@@H](OC(=O)CON)[C@H]1OC(=O)CON. The summed E-state index contributed by atoms with van der Waals surface area (Å²) in [5.41, 5.74) is 0.397. The number of thiol groups is 1. The number of ether oxygens (including phenoxy) is 6. The molecule has 0 spiro atoms. The van der Waals surface area contributed by atoms with Crippen LogP contribution in [0.3, 0.4) is 0 Å². The number of amides is 1. The van der Waals surface area contributed by atoms with Gasteiger partial charge in [0.15, 0.2) is 38.6 Å². The third kappa shape index (κ3) is 11.9. The van der Waals surface area contributed by atoms with Gasteiger partial charge in [0, 0.05) is 5.69 Å². The van der Waals surface area contributed by atoms with Crippen LogP contribution in [-0.2, 0) is 67.0 Å². The quantitative estimate of drug-likeness (QED) is 0.0418. The lowest BCUT2D eigenvalue weighted by Crippen LogP contribution is -2.64. The van der Waals surface area contributed by atoms with Gasteiger partial charge < -0.3 is 33.7 Å². The number of anilines is 1. The summed E-state index contributed by atoms with van der Waals surface area (Å²) in [4.78, 5) is 77.9. The van der Waals surface area contributed by atoms with Crippen LogP contribution >= 0.6 is 12.6 Å². The average molecular weight is 638 g/mol. The highest BCUT2D eigenvalue weighted by Gasteiger charge is 2.54. The molecular formula is C22H31N5O15S. The van der Waals surface area contributed by atoms with Crippen LogP contribution in [-0.4, -0.2) is 99.3 Å². The third-order valence-electron chi connectivity index (χ3n) is 5.14. The second-order valence-electron chi connectivity index (χ2n) is 8.18. The first-order chi connectivity index (χ1) is 20.6. The molecule has 0 bridgehead atoms. The molecule has 0 saturated carbocycles. The van der Waals surface area contributed by atoms with Crippen LogP contribution in [0.5, 0.6) is 5.75 Å². The van der Waals surface area contributed by atoms with Gasteiger partial charge in [-0.1, -0.05) is 0 Å². The van der Waals surface area contributed by atoms with Crippen LogP contribution in [0.2, 0.25) is 0 Å². The molecule has 1 aromatic carbocycles. The second-order valence-corrected chi connectivity index (χ2v) is 8.50. The molecule has 0 aromatic heterocycles. The lowest BCUT2D eigenvalue weighted by atomic mass is 9.98. The Morgan fingerprint density at radius 2 is 1.21 bits per heavy atom. The Morgan fingerprint density at radius 3 is 1.72 bits per heavy atom. The van der Waals surface area contributed by atoms with Gasteiger partial charge in [-0.05, 0) is 24.3 Å². The fraction of sp³-hybridized carbons (Fsp3) is 0.500. The predicted molar refractivity (Wildman–Crippen MR) is 139 cm³/mol. The number of nitrogens with two attached hydrogens (primary N) is 4. The van der Waals surface area contributed by atoms with E-state index in [-0.39, 0.29) is 17.4 Å². The van der Waals surface area contributed by atoms with E-state index >= 15 is 0 Å². The fourth-order valence-corrected chi connectivity index (χ4v) is 3.59. The summed E-state index contributed by atoms with van der Waals surface area (Å²) >= 11 is 3.89. The first-order valence-corrected chi connectivity index (χ1v) is 12.6. The summed E-state index contributed by atoms with van der Waals surface area (Å²) in [6.07, 6.45) is -8.13. The minimum Gasteiger partial charge on any atom is -0.461 e. The Balaban J connectivity index is 2.51. The molecule has 43 heavy (non-hydrogen) atoms. The molecule has 240 valence electrons. The highest BCUT2D eigenvalue weighted by molar-refractivity contribution is 7.81. The van der Waals surface area contributed by atoms with Gasteiger partial charge in [0.1, 0.15) is 18.5 Å². The summed E-state index contributed by atoms with van der Waals surface area (Å²) < 4.78 is 33.0. The van der Waals surface area contributed by atoms with Gasteiger partial charge >= 0.3 is 23.9 Å². The van der Waals surface area contributed by atoms with E-state index in [1.165, 1.54) is 24.3 Å². The van der Waals surface area contributed by atoms with Crippen LogP contribution in [0.25, 0.3) is 0 Å². The monoisotopic (exact) mass is 637 g/mol. The van der Waals surface area contributed by atoms with Crippen LogP contribution in [0.4, 0.5) is 5.69 Å². The number of carbonyl (C=O) groups excluding carboxylic acids is 5. The molecule has 1 aliphatic heterocycles. The van der Waals surface area contributed by atoms with E-state index < -0.39 is 87.6 Å². The number of nitrogens with one attached hydrogen (secondary N) is 1. The predicted octanol–water partition coefficient (Wildman–Crippen LogP) is -3.50. The van der Waals surface area contributed by atoms with Crippen molar-refractivity contribution in [1.82, 2.24) is 0 Å². The molecule has 21 heteroatoms. The molecule has 0 radical (unpaired) electrons. The summed E-state index contributed by atoms with van der Waals surface area (Å²) in [5.74, 6) is 15.2. The molecule has 5 atom stereocenters. The molecule has 1 amide bonds. The molecule has 1 fully saturated rings. The Bertz CT molecular complexity index is 1080. The Labute approximate surface area is 248 Å². The highest BCUT2D eigenvalue weighted by Crippen LogP contribution is 2.31. The third-order valence-corrected chi connectivity index (χ3v) is 5.43. The van der Waals surface area contributed by atoms with Crippen molar-refractivity contribution >= 4 is 48.1 Å². The minimum atomic E-state index is -1.71. The normalized spacial score (nSPS) is 21.3. The number of benzene rings is 1. The summed E-state index contributed by atoms with van der Waals surface area (Å²) in [6, 6.07) is 5.78. The minimum absolute atomic E-state index is 0.0600. The van der Waals surface area contributed by atoms with Gasteiger partial charge in [-0.2, -0.15) is 12.6 Å². The van der Waals surface area contributed by atoms with E-state index in [0.717, 1.165) is 0 Å². The summed E-state index contributed by atoms with van der Waals surface area (Å²) in [7, 11) is 0. The molecule has 0 unspecified atom stereocenters. The standard InChI is InChI=1S/C22H31N5O15S/c23-34-6-15(29)33-5-13-19(40-16(30)7-35-24)20(41-17(31)8-36-25)21(42-18(32)9-37-26)22(39-13)38-12-3-1-11(2-4-12)27-14(28)10-43/h1-4,13,19-22,43H,5-10,23-26H2,(H,27,28)/t13-,19+,20+,21-,22+/m1/s1.